The molecule has 1 aromatic rings. The quantitative estimate of drug-likeness (QED) is 0.830. The van der Waals surface area contributed by atoms with E-state index in [0.717, 1.165) is 44.6 Å². The van der Waals surface area contributed by atoms with Crippen molar-refractivity contribution < 1.29 is 14.3 Å². The SMILES string of the molecule is COC1(C(=O)N2C[C@@H]3CN(C(C)=O)[C@H](c4ccccc4)[C@@H]3C2)CCNCC1.Cl. The van der Waals surface area contributed by atoms with Crippen LogP contribution in [0.4, 0.5) is 0 Å². The van der Waals surface area contributed by atoms with Crippen molar-refractivity contribution in [2.24, 2.45) is 11.8 Å². The van der Waals surface area contributed by atoms with Crippen LogP contribution in [0.1, 0.15) is 31.4 Å². The first kappa shape index (κ1) is 21.1. The number of methoxy groups -OCH3 is 1. The number of hydrogen-bond donors (Lipinski definition) is 1. The van der Waals surface area contributed by atoms with Crippen LogP contribution in [0.2, 0.25) is 0 Å². The van der Waals surface area contributed by atoms with Crippen molar-refractivity contribution in [3.8, 4) is 0 Å². The lowest BCUT2D eigenvalue weighted by Crippen LogP contribution is -2.55. The van der Waals surface area contributed by atoms with E-state index in [9.17, 15) is 9.59 Å². The molecule has 154 valence electrons. The van der Waals surface area contributed by atoms with Gasteiger partial charge in [-0.05, 0) is 31.5 Å². The van der Waals surface area contributed by atoms with E-state index in [1.165, 1.54) is 0 Å². The van der Waals surface area contributed by atoms with Crippen LogP contribution in [0.15, 0.2) is 30.3 Å². The lowest BCUT2D eigenvalue weighted by Gasteiger charge is -2.38. The van der Waals surface area contributed by atoms with Gasteiger partial charge in [-0.2, -0.15) is 0 Å². The lowest BCUT2D eigenvalue weighted by atomic mass is 9.89. The molecule has 3 aliphatic heterocycles. The summed E-state index contributed by atoms with van der Waals surface area (Å²) >= 11 is 0. The first-order chi connectivity index (χ1) is 13.1. The van der Waals surface area contributed by atoms with Crippen LogP contribution in [0.3, 0.4) is 0 Å². The normalized spacial score (nSPS) is 28.6. The molecule has 0 saturated carbocycles. The predicted octanol–water partition coefficient (Wildman–Crippen LogP) is 1.85. The van der Waals surface area contributed by atoms with Crippen molar-refractivity contribution in [2.45, 2.75) is 31.4 Å². The Morgan fingerprint density at radius 3 is 2.39 bits per heavy atom. The van der Waals surface area contributed by atoms with E-state index in [4.69, 9.17) is 4.74 Å². The number of carbonyl (C=O) groups excluding carboxylic acids is 2. The Morgan fingerprint density at radius 1 is 1.11 bits per heavy atom. The number of nitrogens with zero attached hydrogens (tertiary/aromatic N) is 2. The summed E-state index contributed by atoms with van der Waals surface area (Å²) < 4.78 is 5.75. The third-order valence-corrected chi connectivity index (χ3v) is 6.69. The topological polar surface area (TPSA) is 61.9 Å². The van der Waals surface area contributed by atoms with Gasteiger partial charge in [0, 0.05) is 45.5 Å². The predicted molar refractivity (Wildman–Crippen MR) is 109 cm³/mol. The van der Waals surface area contributed by atoms with Gasteiger partial charge in [-0.1, -0.05) is 30.3 Å². The Balaban J connectivity index is 0.00000225. The molecule has 0 unspecified atom stereocenters. The van der Waals surface area contributed by atoms with Gasteiger partial charge in [0.2, 0.25) is 5.91 Å². The first-order valence-electron chi connectivity index (χ1n) is 9.93. The maximum Gasteiger partial charge on any atom is 0.254 e. The van der Waals surface area contributed by atoms with E-state index in [0.29, 0.717) is 12.5 Å². The Hall–Kier alpha value is -1.63. The molecular formula is C21H30ClN3O3. The highest BCUT2D eigenvalue weighted by Gasteiger charge is 2.52. The number of piperidine rings is 1. The van der Waals surface area contributed by atoms with Crippen molar-refractivity contribution in [1.29, 1.82) is 0 Å². The Kier molecular flexibility index (Phi) is 6.32. The van der Waals surface area contributed by atoms with Crippen LogP contribution in [-0.2, 0) is 14.3 Å². The fourth-order valence-electron chi connectivity index (χ4n) is 5.24. The molecule has 2 amide bonds. The van der Waals surface area contributed by atoms with Gasteiger partial charge in [0.05, 0.1) is 6.04 Å². The van der Waals surface area contributed by atoms with E-state index >= 15 is 0 Å². The number of halogens is 1. The number of nitrogens with one attached hydrogen (secondary N) is 1. The van der Waals surface area contributed by atoms with Gasteiger partial charge in [0.15, 0.2) is 0 Å². The van der Waals surface area contributed by atoms with Gasteiger partial charge in [-0.25, -0.2) is 0 Å². The molecule has 28 heavy (non-hydrogen) atoms. The Morgan fingerprint density at radius 2 is 1.79 bits per heavy atom. The molecule has 0 aliphatic carbocycles. The number of benzene rings is 1. The number of hydrogen-bond acceptors (Lipinski definition) is 4. The smallest absolute Gasteiger partial charge is 0.254 e. The molecule has 3 fully saturated rings. The van der Waals surface area contributed by atoms with E-state index in [2.05, 4.69) is 17.4 Å². The van der Waals surface area contributed by atoms with Crippen LogP contribution in [0.5, 0.6) is 0 Å². The van der Waals surface area contributed by atoms with Crippen molar-refractivity contribution in [2.75, 3.05) is 39.8 Å². The number of fused-ring (bicyclic) bond motifs is 1. The van der Waals surface area contributed by atoms with Crippen molar-refractivity contribution in [3.63, 3.8) is 0 Å². The lowest BCUT2D eigenvalue weighted by molar-refractivity contribution is -0.157. The molecule has 3 atom stereocenters. The summed E-state index contributed by atoms with van der Waals surface area (Å²) in [6.45, 7) is 5.41. The zero-order valence-electron chi connectivity index (χ0n) is 16.6. The molecule has 3 aliphatic rings. The number of carbonyl (C=O) groups is 2. The van der Waals surface area contributed by atoms with E-state index in [-0.39, 0.29) is 36.2 Å². The number of amides is 2. The van der Waals surface area contributed by atoms with Crippen LogP contribution >= 0.6 is 12.4 Å². The van der Waals surface area contributed by atoms with Crippen LogP contribution in [0, 0.1) is 11.8 Å². The van der Waals surface area contributed by atoms with Crippen molar-refractivity contribution in [1.82, 2.24) is 15.1 Å². The molecule has 6 nitrogen and oxygen atoms in total. The minimum absolute atomic E-state index is 0. The summed E-state index contributed by atoms with van der Waals surface area (Å²) in [5.74, 6) is 0.861. The second kappa shape index (κ2) is 8.39. The summed E-state index contributed by atoms with van der Waals surface area (Å²) in [6.07, 6.45) is 1.44. The molecule has 3 saturated heterocycles. The number of likely N-dealkylation sites (tertiary alicyclic amines) is 2. The zero-order chi connectivity index (χ0) is 19.0. The van der Waals surface area contributed by atoms with Crippen molar-refractivity contribution >= 4 is 24.2 Å². The molecule has 1 N–H and O–H groups in total. The Bertz CT molecular complexity index is 708. The molecule has 4 rings (SSSR count). The highest BCUT2D eigenvalue weighted by molar-refractivity contribution is 5.86. The second-order valence-corrected chi connectivity index (χ2v) is 8.11. The summed E-state index contributed by atoms with van der Waals surface area (Å²) in [5, 5.41) is 3.31. The summed E-state index contributed by atoms with van der Waals surface area (Å²) in [5.41, 5.74) is 0.477. The van der Waals surface area contributed by atoms with Crippen LogP contribution in [-0.4, -0.2) is 67.0 Å². The summed E-state index contributed by atoms with van der Waals surface area (Å²) in [4.78, 5) is 29.6. The van der Waals surface area contributed by atoms with Crippen LogP contribution in [0.25, 0.3) is 0 Å². The van der Waals surface area contributed by atoms with Gasteiger partial charge >= 0.3 is 0 Å². The first-order valence-corrected chi connectivity index (χ1v) is 9.93. The highest BCUT2D eigenvalue weighted by atomic mass is 35.5. The second-order valence-electron chi connectivity index (χ2n) is 8.11. The van der Waals surface area contributed by atoms with E-state index in [1.54, 1.807) is 14.0 Å². The molecule has 0 spiro atoms. The fraction of sp³-hybridized carbons (Fsp3) is 0.619. The summed E-state index contributed by atoms with van der Waals surface area (Å²) in [6, 6.07) is 10.3. The monoisotopic (exact) mass is 407 g/mol. The largest absolute Gasteiger partial charge is 0.368 e. The van der Waals surface area contributed by atoms with Gasteiger partial charge in [-0.3, -0.25) is 9.59 Å². The average molecular weight is 408 g/mol. The fourth-order valence-corrected chi connectivity index (χ4v) is 5.24. The maximum atomic E-state index is 13.3. The van der Waals surface area contributed by atoms with Crippen molar-refractivity contribution in [3.05, 3.63) is 35.9 Å². The minimum Gasteiger partial charge on any atom is -0.368 e. The standard InChI is InChI=1S/C21H29N3O3.ClH/c1-15(25)24-13-17-12-23(20(26)21(27-2)8-10-22-11-9-21)14-18(17)19(24)16-6-4-3-5-7-16;/h3-7,17-19,22H,8-14H2,1-2H3;1H/t17-,18-,19-;/m1./s1. The van der Waals surface area contributed by atoms with Gasteiger partial charge in [0.25, 0.3) is 5.91 Å². The average Bonchev–Trinajstić information content (AvgIpc) is 3.26. The van der Waals surface area contributed by atoms with E-state index < -0.39 is 5.60 Å². The molecule has 1 aromatic carbocycles. The maximum absolute atomic E-state index is 13.3. The Labute approximate surface area is 173 Å². The third-order valence-electron chi connectivity index (χ3n) is 6.69. The molecular weight excluding hydrogens is 378 g/mol. The molecule has 0 radical (unpaired) electrons. The van der Waals surface area contributed by atoms with E-state index in [1.807, 2.05) is 28.0 Å². The summed E-state index contributed by atoms with van der Waals surface area (Å²) in [7, 11) is 1.66. The molecule has 0 aromatic heterocycles. The van der Waals surface area contributed by atoms with Gasteiger partial charge in [0.1, 0.15) is 5.60 Å². The number of rotatable bonds is 3. The zero-order valence-corrected chi connectivity index (χ0v) is 17.4. The molecule has 3 heterocycles. The number of ether oxygens (including phenoxy) is 1. The minimum atomic E-state index is -0.688. The van der Waals surface area contributed by atoms with Gasteiger partial charge < -0.3 is 19.9 Å². The highest BCUT2D eigenvalue weighted by Crippen LogP contribution is 2.45. The third kappa shape index (κ3) is 3.53. The molecule has 0 bridgehead atoms. The van der Waals surface area contributed by atoms with Crippen LogP contribution < -0.4 is 5.32 Å². The molecule has 7 heteroatoms. The van der Waals surface area contributed by atoms with Gasteiger partial charge in [-0.15, -0.1) is 12.4 Å².